The Labute approximate surface area is 108 Å². The van der Waals surface area contributed by atoms with Crippen LogP contribution in [0.3, 0.4) is 0 Å². The number of alkyl halides is 3. The summed E-state index contributed by atoms with van der Waals surface area (Å²) < 4.78 is 55.3. The molecule has 0 heterocycles. The molecular formula is C11H23F3O3Si. The molecule has 0 aliphatic rings. The molecule has 0 saturated heterocycles. The first kappa shape index (κ1) is 17.9. The van der Waals surface area contributed by atoms with Gasteiger partial charge in [-0.3, -0.25) is 0 Å². The summed E-state index contributed by atoms with van der Waals surface area (Å²) in [6, 6.07) is 0. The SMILES string of the molecule is CCCCCCC(F)(C(F)F)[Si](OC)(OC)OC. The number of rotatable bonds is 10. The van der Waals surface area contributed by atoms with E-state index < -0.39 is 20.5 Å². The molecule has 18 heavy (non-hydrogen) atoms. The van der Waals surface area contributed by atoms with Crippen LogP contribution in [0, 0.1) is 0 Å². The topological polar surface area (TPSA) is 27.7 Å². The summed E-state index contributed by atoms with van der Waals surface area (Å²) in [6.07, 6.45) is -0.593. The summed E-state index contributed by atoms with van der Waals surface area (Å²) in [4.78, 5) is 0. The quantitative estimate of drug-likeness (QED) is 0.456. The van der Waals surface area contributed by atoms with E-state index in [4.69, 9.17) is 13.3 Å². The highest BCUT2D eigenvalue weighted by Crippen LogP contribution is 2.37. The first-order valence-electron chi connectivity index (χ1n) is 6.06. The average molecular weight is 288 g/mol. The van der Waals surface area contributed by atoms with Crippen LogP contribution in [0.5, 0.6) is 0 Å². The first-order chi connectivity index (χ1) is 8.44. The minimum absolute atomic E-state index is 0.313. The van der Waals surface area contributed by atoms with Gasteiger partial charge in [-0.15, -0.1) is 0 Å². The lowest BCUT2D eigenvalue weighted by molar-refractivity contribution is -0.0534. The molecule has 0 spiro atoms. The molecular weight excluding hydrogens is 265 g/mol. The molecule has 0 N–H and O–H groups in total. The molecule has 0 aromatic rings. The summed E-state index contributed by atoms with van der Waals surface area (Å²) >= 11 is 0. The summed E-state index contributed by atoms with van der Waals surface area (Å²) in [7, 11) is -0.588. The van der Waals surface area contributed by atoms with Gasteiger partial charge in [-0.2, -0.15) is 0 Å². The van der Waals surface area contributed by atoms with Crippen LogP contribution in [0.1, 0.15) is 39.0 Å². The molecule has 0 aromatic carbocycles. The molecule has 0 rings (SSSR count). The second kappa shape index (κ2) is 8.14. The van der Waals surface area contributed by atoms with Gasteiger partial charge in [0.2, 0.25) is 5.29 Å². The van der Waals surface area contributed by atoms with Gasteiger partial charge >= 0.3 is 8.80 Å². The van der Waals surface area contributed by atoms with Crippen molar-refractivity contribution in [3.63, 3.8) is 0 Å². The summed E-state index contributed by atoms with van der Waals surface area (Å²) in [6.45, 7) is 1.99. The number of hydrogen-bond donors (Lipinski definition) is 0. The zero-order valence-corrected chi connectivity index (χ0v) is 12.5. The molecule has 0 saturated carbocycles. The lowest BCUT2D eigenvalue weighted by atomic mass is 10.1. The van der Waals surface area contributed by atoms with E-state index in [0.717, 1.165) is 34.2 Å². The van der Waals surface area contributed by atoms with Crippen LogP contribution >= 0.6 is 0 Å². The Morgan fingerprint density at radius 1 is 1.00 bits per heavy atom. The lowest BCUT2D eigenvalue weighted by Gasteiger charge is -2.37. The lowest BCUT2D eigenvalue weighted by Crippen LogP contribution is -2.64. The molecule has 0 radical (unpaired) electrons. The van der Waals surface area contributed by atoms with Crippen LogP contribution in [0.15, 0.2) is 0 Å². The first-order valence-corrected chi connectivity index (χ1v) is 7.79. The summed E-state index contributed by atoms with van der Waals surface area (Å²) in [5.41, 5.74) is 0. The predicted octanol–water partition coefficient (Wildman–Crippen LogP) is 3.35. The van der Waals surface area contributed by atoms with Crippen LogP contribution in [-0.4, -0.2) is 41.9 Å². The van der Waals surface area contributed by atoms with Gasteiger partial charge in [0.05, 0.1) is 0 Å². The van der Waals surface area contributed by atoms with Crippen molar-refractivity contribution in [1.82, 2.24) is 0 Å². The maximum Gasteiger partial charge on any atom is 0.545 e. The van der Waals surface area contributed by atoms with Crippen molar-refractivity contribution >= 4 is 8.80 Å². The molecule has 1 unspecified atom stereocenters. The summed E-state index contributed by atoms with van der Waals surface area (Å²) in [5, 5.41) is -2.85. The smallest absolute Gasteiger partial charge is 0.375 e. The number of halogens is 3. The summed E-state index contributed by atoms with van der Waals surface area (Å²) in [5.74, 6) is 0. The van der Waals surface area contributed by atoms with Crippen molar-refractivity contribution in [2.45, 2.75) is 50.7 Å². The minimum atomic E-state index is -4.01. The number of hydrogen-bond acceptors (Lipinski definition) is 3. The zero-order chi connectivity index (χ0) is 14.2. The fourth-order valence-electron chi connectivity index (χ4n) is 1.96. The zero-order valence-electron chi connectivity index (χ0n) is 11.5. The van der Waals surface area contributed by atoms with E-state index in [2.05, 4.69) is 0 Å². The third-order valence-electron chi connectivity index (χ3n) is 3.06. The van der Waals surface area contributed by atoms with Gasteiger partial charge in [0.1, 0.15) is 0 Å². The van der Waals surface area contributed by atoms with Gasteiger partial charge in [0.25, 0.3) is 6.43 Å². The van der Waals surface area contributed by atoms with E-state index in [1.807, 2.05) is 6.92 Å². The molecule has 0 bridgehead atoms. The Hall–Kier alpha value is -0.113. The second-order valence-corrected chi connectivity index (χ2v) is 7.31. The van der Waals surface area contributed by atoms with Gasteiger partial charge < -0.3 is 13.3 Å². The van der Waals surface area contributed by atoms with Crippen molar-refractivity contribution in [3.8, 4) is 0 Å². The molecule has 0 fully saturated rings. The van der Waals surface area contributed by atoms with Gasteiger partial charge in [-0.05, 0) is 6.42 Å². The van der Waals surface area contributed by atoms with E-state index in [1.165, 1.54) is 0 Å². The van der Waals surface area contributed by atoms with Crippen molar-refractivity contribution in [2.24, 2.45) is 0 Å². The third kappa shape index (κ3) is 3.69. The van der Waals surface area contributed by atoms with E-state index in [0.29, 0.717) is 12.8 Å². The Balaban J connectivity index is 4.87. The Morgan fingerprint density at radius 3 is 1.83 bits per heavy atom. The molecule has 0 aliphatic carbocycles. The predicted molar refractivity (Wildman–Crippen MR) is 65.4 cm³/mol. The van der Waals surface area contributed by atoms with Crippen LogP contribution in [0.2, 0.25) is 0 Å². The van der Waals surface area contributed by atoms with E-state index in [9.17, 15) is 13.2 Å². The maximum atomic E-state index is 14.6. The van der Waals surface area contributed by atoms with E-state index in [1.54, 1.807) is 0 Å². The van der Waals surface area contributed by atoms with Gasteiger partial charge in [-0.1, -0.05) is 32.6 Å². The molecule has 0 aliphatic heterocycles. The monoisotopic (exact) mass is 288 g/mol. The van der Waals surface area contributed by atoms with Crippen LogP contribution in [0.4, 0.5) is 13.2 Å². The van der Waals surface area contributed by atoms with Crippen LogP contribution < -0.4 is 0 Å². The molecule has 0 aromatic heterocycles. The van der Waals surface area contributed by atoms with Crippen molar-refractivity contribution < 1.29 is 26.4 Å². The third-order valence-corrected chi connectivity index (χ3v) is 6.15. The Kier molecular flexibility index (Phi) is 8.09. The standard InChI is InChI=1S/C11H23F3O3Si/c1-5-6-7-8-9-11(14,10(12)13)18(15-2,16-3)17-4/h10H,5-9H2,1-4H3. The Bertz CT molecular complexity index is 219. The molecule has 1 atom stereocenters. The van der Waals surface area contributed by atoms with E-state index >= 15 is 0 Å². The van der Waals surface area contributed by atoms with Gasteiger partial charge in [-0.25, -0.2) is 13.2 Å². The molecule has 110 valence electrons. The molecule has 7 heteroatoms. The fourth-order valence-corrected chi connectivity index (χ4v) is 4.23. The van der Waals surface area contributed by atoms with Crippen LogP contribution in [0.25, 0.3) is 0 Å². The normalized spacial score (nSPS) is 16.0. The second-order valence-electron chi connectivity index (χ2n) is 4.14. The highest BCUT2D eigenvalue weighted by atomic mass is 28.4. The highest BCUT2D eigenvalue weighted by Gasteiger charge is 2.66. The van der Waals surface area contributed by atoms with Crippen molar-refractivity contribution in [3.05, 3.63) is 0 Å². The highest BCUT2D eigenvalue weighted by molar-refractivity contribution is 6.64. The minimum Gasteiger partial charge on any atom is -0.375 e. The molecule has 0 amide bonds. The maximum absolute atomic E-state index is 14.6. The molecule has 3 nitrogen and oxygen atoms in total. The van der Waals surface area contributed by atoms with Crippen molar-refractivity contribution in [2.75, 3.05) is 21.3 Å². The van der Waals surface area contributed by atoms with Crippen molar-refractivity contribution in [1.29, 1.82) is 0 Å². The Morgan fingerprint density at radius 2 is 1.50 bits per heavy atom. The van der Waals surface area contributed by atoms with Gasteiger partial charge in [0, 0.05) is 21.3 Å². The van der Waals surface area contributed by atoms with Crippen LogP contribution in [-0.2, 0) is 13.3 Å². The van der Waals surface area contributed by atoms with Gasteiger partial charge in [0.15, 0.2) is 0 Å². The average Bonchev–Trinajstić information content (AvgIpc) is 2.37. The largest absolute Gasteiger partial charge is 0.545 e. The van der Waals surface area contributed by atoms with E-state index in [-0.39, 0.29) is 6.42 Å². The number of unbranched alkanes of at least 4 members (excludes halogenated alkanes) is 3. The fraction of sp³-hybridized carbons (Fsp3) is 1.00.